The van der Waals surface area contributed by atoms with Gasteiger partial charge in [0.05, 0.1) is 11.6 Å². The van der Waals surface area contributed by atoms with Gasteiger partial charge in [0.15, 0.2) is 0 Å². The molecule has 4 nitrogen and oxygen atoms in total. The molecule has 0 bridgehead atoms. The molecule has 0 aromatic carbocycles. The predicted molar refractivity (Wildman–Crippen MR) is 82.9 cm³/mol. The molecule has 3 heterocycles. The first-order valence-electron chi connectivity index (χ1n) is 7.14. The molecule has 3 aromatic rings. The molecule has 21 heavy (non-hydrogen) atoms. The van der Waals surface area contributed by atoms with Crippen LogP contribution in [0.5, 0.6) is 11.6 Å². The molecule has 106 valence electrons. The molecule has 1 atom stereocenters. The number of hydrogen-bond acceptors (Lipinski definition) is 5. The van der Waals surface area contributed by atoms with Crippen molar-refractivity contribution >= 4 is 21.6 Å². The minimum absolute atomic E-state index is 0.653. The SMILES string of the molecule is CC1CCc2c(sc3ncnc(Oc4cccnc4)c23)C1. The Morgan fingerprint density at radius 2 is 2.29 bits per heavy atom. The van der Waals surface area contributed by atoms with Gasteiger partial charge in [0.1, 0.15) is 16.9 Å². The molecule has 5 heteroatoms. The molecule has 0 saturated heterocycles. The van der Waals surface area contributed by atoms with Crippen molar-refractivity contribution in [2.45, 2.75) is 26.2 Å². The Labute approximate surface area is 126 Å². The molecule has 0 amide bonds. The standard InChI is InChI=1S/C16H15N3OS/c1-10-4-5-12-13(7-10)21-16-14(12)15(18-9-19-16)20-11-3-2-6-17-8-11/h2-3,6,8-10H,4-5,7H2,1H3. The molecule has 1 unspecified atom stereocenters. The van der Waals surface area contributed by atoms with Gasteiger partial charge < -0.3 is 4.74 Å². The summed E-state index contributed by atoms with van der Waals surface area (Å²) < 4.78 is 5.94. The van der Waals surface area contributed by atoms with Crippen molar-refractivity contribution in [3.63, 3.8) is 0 Å². The highest BCUT2D eigenvalue weighted by molar-refractivity contribution is 7.18. The van der Waals surface area contributed by atoms with Gasteiger partial charge in [-0.25, -0.2) is 9.97 Å². The lowest BCUT2D eigenvalue weighted by Crippen LogP contribution is -2.08. The number of nitrogens with zero attached hydrogens (tertiary/aromatic N) is 3. The van der Waals surface area contributed by atoms with Gasteiger partial charge in [0, 0.05) is 11.1 Å². The molecule has 3 aromatic heterocycles. The van der Waals surface area contributed by atoms with Crippen molar-refractivity contribution < 1.29 is 4.74 Å². The van der Waals surface area contributed by atoms with Crippen LogP contribution >= 0.6 is 11.3 Å². The van der Waals surface area contributed by atoms with Crippen molar-refractivity contribution in [2.75, 3.05) is 0 Å². The van der Waals surface area contributed by atoms with E-state index in [1.165, 1.54) is 16.9 Å². The van der Waals surface area contributed by atoms with Crippen LogP contribution < -0.4 is 4.74 Å². The van der Waals surface area contributed by atoms with Gasteiger partial charge >= 0.3 is 0 Å². The molecule has 0 radical (unpaired) electrons. The number of aromatic nitrogens is 3. The average Bonchev–Trinajstić information content (AvgIpc) is 2.86. The van der Waals surface area contributed by atoms with Crippen LogP contribution in [-0.4, -0.2) is 15.0 Å². The van der Waals surface area contributed by atoms with Gasteiger partial charge in [0.25, 0.3) is 0 Å². The first kappa shape index (κ1) is 12.7. The summed E-state index contributed by atoms with van der Waals surface area (Å²) in [5.41, 5.74) is 1.38. The lowest BCUT2D eigenvalue weighted by Gasteiger charge is -2.18. The second-order valence-electron chi connectivity index (χ2n) is 5.50. The molecule has 0 aliphatic heterocycles. The number of hydrogen-bond donors (Lipinski definition) is 0. The van der Waals surface area contributed by atoms with E-state index in [0.29, 0.717) is 11.6 Å². The van der Waals surface area contributed by atoms with Gasteiger partial charge in [0.2, 0.25) is 5.88 Å². The fraction of sp³-hybridized carbons (Fsp3) is 0.312. The highest BCUT2D eigenvalue weighted by Gasteiger charge is 2.23. The van der Waals surface area contributed by atoms with Crippen LogP contribution in [0.15, 0.2) is 30.9 Å². The molecule has 1 aliphatic carbocycles. The summed E-state index contributed by atoms with van der Waals surface area (Å²) in [4.78, 5) is 15.3. The normalized spacial score (nSPS) is 17.7. The van der Waals surface area contributed by atoms with Crippen molar-refractivity contribution in [1.29, 1.82) is 0 Å². The second-order valence-corrected chi connectivity index (χ2v) is 6.59. The first-order chi connectivity index (χ1) is 10.3. The third kappa shape index (κ3) is 2.27. The molecule has 1 aliphatic rings. The van der Waals surface area contributed by atoms with Gasteiger partial charge in [-0.05, 0) is 42.9 Å². The summed E-state index contributed by atoms with van der Waals surface area (Å²) in [6.45, 7) is 2.31. The summed E-state index contributed by atoms with van der Waals surface area (Å²) in [6.07, 6.45) is 8.47. The van der Waals surface area contributed by atoms with E-state index in [1.807, 2.05) is 12.1 Å². The zero-order valence-electron chi connectivity index (χ0n) is 11.7. The van der Waals surface area contributed by atoms with Gasteiger partial charge in [-0.1, -0.05) is 6.92 Å². The van der Waals surface area contributed by atoms with Crippen molar-refractivity contribution in [3.8, 4) is 11.6 Å². The van der Waals surface area contributed by atoms with E-state index in [1.54, 1.807) is 30.1 Å². The number of thiophene rings is 1. The Kier molecular flexibility index (Phi) is 3.07. The molecule has 4 rings (SSSR count). The maximum Gasteiger partial charge on any atom is 0.231 e. The zero-order valence-corrected chi connectivity index (χ0v) is 12.6. The maximum absolute atomic E-state index is 5.94. The number of ether oxygens (including phenoxy) is 1. The smallest absolute Gasteiger partial charge is 0.231 e. The molecule has 0 saturated carbocycles. The number of rotatable bonds is 2. The molecular formula is C16H15N3OS. The van der Waals surface area contributed by atoms with Crippen LogP contribution in [0.25, 0.3) is 10.2 Å². The minimum Gasteiger partial charge on any atom is -0.437 e. The van der Waals surface area contributed by atoms with Gasteiger partial charge in [-0.15, -0.1) is 11.3 Å². The quantitative estimate of drug-likeness (QED) is 0.717. The van der Waals surface area contributed by atoms with Crippen molar-refractivity contribution in [2.24, 2.45) is 5.92 Å². The van der Waals surface area contributed by atoms with Crippen molar-refractivity contribution in [1.82, 2.24) is 15.0 Å². The summed E-state index contributed by atoms with van der Waals surface area (Å²) in [7, 11) is 0. The maximum atomic E-state index is 5.94. The summed E-state index contributed by atoms with van der Waals surface area (Å²) in [5, 5.41) is 1.09. The minimum atomic E-state index is 0.653. The van der Waals surface area contributed by atoms with Crippen LogP contribution in [0.1, 0.15) is 23.8 Å². The lowest BCUT2D eigenvalue weighted by molar-refractivity contribution is 0.464. The largest absolute Gasteiger partial charge is 0.437 e. The van der Waals surface area contributed by atoms with E-state index >= 15 is 0 Å². The van der Waals surface area contributed by atoms with Crippen LogP contribution in [0, 0.1) is 5.92 Å². The van der Waals surface area contributed by atoms with Gasteiger partial charge in [-0.2, -0.15) is 0 Å². The van der Waals surface area contributed by atoms with Gasteiger partial charge in [-0.3, -0.25) is 4.98 Å². The Morgan fingerprint density at radius 1 is 1.33 bits per heavy atom. The van der Waals surface area contributed by atoms with E-state index < -0.39 is 0 Å². The van der Waals surface area contributed by atoms with Crippen LogP contribution in [0.4, 0.5) is 0 Å². The van der Waals surface area contributed by atoms with E-state index in [-0.39, 0.29) is 0 Å². The average molecular weight is 297 g/mol. The Bertz CT molecular complexity index is 785. The topological polar surface area (TPSA) is 47.9 Å². The van der Waals surface area contributed by atoms with E-state index in [2.05, 4.69) is 21.9 Å². The predicted octanol–water partition coefficient (Wildman–Crippen LogP) is 4.00. The van der Waals surface area contributed by atoms with Crippen molar-refractivity contribution in [3.05, 3.63) is 41.3 Å². The lowest BCUT2D eigenvalue weighted by atomic mass is 9.89. The third-order valence-electron chi connectivity index (χ3n) is 3.91. The zero-order chi connectivity index (χ0) is 14.2. The summed E-state index contributed by atoms with van der Waals surface area (Å²) in [6, 6.07) is 3.75. The van der Waals surface area contributed by atoms with Crippen LogP contribution in [0.3, 0.4) is 0 Å². The highest BCUT2D eigenvalue weighted by Crippen LogP contribution is 2.41. The fourth-order valence-electron chi connectivity index (χ4n) is 2.84. The van der Waals surface area contributed by atoms with E-state index in [9.17, 15) is 0 Å². The van der Waals surface area contributed by atoms with E-state index in [4.69, 9.17) is 4.74 Å². The molecular weight excluding hydrogens is 282 g/mol. The highest BCUT2D eigenvalue weighted by atomic mass is 32.1. The second kappa shape index (κ2) is 5.07. The molecule has 0 N–H and O–H groups in total. The first-order valence-corrected chi connectivity index (χ1v) is 7.96. The van der Waals surface area contributed by atoms with Crippen LogP contribution in [-0.2, 0) is 12.8 Å². The fourth-order valence-corrected chi connectivity index (χ4v) is 4.18. The number of aryl methyl sites for hydroxylation is 1. The molecule has 0 spiro atoms. The number of pyridine rings is 1. The van der Waals surface area contributed by atoms with E-state index in [0.717, 1.165) is 29.0 Å². The van der Waals surface area contributed by atoms with Crippen LogP contribution in [0.2, 0.25) is 0 Å². The summed E-state index contributed by atoms with van der Waals surface area (Å²) >= 11 is 1.78. The monoisotopic (exact) mass is 297 g/mol. The number of fused-ring (bicyclic) bond motifs is 3. The Hall–Kier alpha value is -2.01. The Morgan fingerprint density at radius 3 is 3.14 bits per heavy atom. The summed E-state index contributed by atoms with van der Waals surface area (Å²) in [5.74, 6) is 2.11. The Balaban J connectivity index is 1.82. The third-order valence-corrected chi connectivity index (χ3v) is 5.07. The molecule has 0 fully saturated rings.